The first-order valence-corrected chi connectivity index (χ1v) is 14.3. The second-order valence-electron chi connectivity index (χ2n) is 9.09. The summed E-state index contributed by atoms with van der Waals surface area (Å²) in [5.41, 5.74) is 9.11. The first-order chi connectivity index (χ1) is 21.5. The van der Waals surface area contributed by atoms with Crippen LogP contribution >= 0.6 is 11.9 Å². The van der Waals surface area contributed by atoms with Crippen molar-refractivity contribution in [3.63, 3.8) is 0 Å². The molecule has 44 heavy (non-hydrogen) atoms. The van der Waals surface area contributed by atoms with Gasteiger partial charge >= 0.3 is 0 Å². The van der Waals surface area contributed by atoms with Gasteiger partial charge in [0.05, 0.1) is 45.5 Å². The number of nitrogens with one attached hydrogen (secondary N) is 3. The van der Waals surface area contributed by atoms with Gasteiger partial charge in [-0.15, -0.1) is 0 Å². The maximum Gasteiger partial charge on any atom is 0.238 e. The van der Waals surface area contributed by atoms with Crippen LogP contribution in [0.2, 0.25) is 0 Å². The number of aliphatic hydroxyl groups excluding tert-OH is 1. The number of aliphatic hydroxyl groups is 1. The van der Waals surface area contributed by atoms with E-state index in [0.717, 1.165) is 32.9 Å². The third kappa shape index (κ3) is 8.74. The smallest absolute Gasteiger partial charge is 0.238 e. The third-order valence-corrected chi connectivity index (χ3v) is 6.90. The Balaban J connectivity index is 0.000000375. The molecule has 4 aromatic carbocycles. The van der Waals surface area contributed by atoms with Gasteiger partial charge in [0.2, 0.25) is 5.91 Å². The molecular weight excluding hydrogens is 580 g/mol. The zero-order chi connectivity index (χ0) is 31.3. The van der Waals surface area contributed by atoms with Crippen LogP contribution in [-0.4, -0.2) is 48.9 Å². The van der Waals surface area contributed by atoms with Crippen molar-refractivity contribution in [2.45, 2.75) is 11.5 Å². The van der Waals surface area contributed by atoms with E-state index < -0.39 is 0 Å². The van der Waals surface area contributed by atoms with E-state index in [1.807, 2.05) is 78.9 Å². The Morgan fingerprint density at radius 1 is 0.795 bits per heavy atom. The predicted molar refractivity (Wildman–Crippen MR) is 175 cm³/mol. The summed E-state index contributed by atoms with van der Waals surface area (Å²) in [6, 6.07) is 27.9. The number of nitrogens with two attached hydrogens (primary N) is 1. The number of rotatable bonds is 11. The Hall–Kier alpha value is -5.04. The summed E-state index contributed by atoms with van der Waals surface area (Å²) in [5.74, 6) is 2.86. The number of aromatic nitrogens is 2. The van der Waals surface area contributed by atoms with Gasteiger partial charge in [0.1, 0.15) is 17.2 Å². The fourth-order valence-electron chi connectivity index (χ4n) is 3.96. The van der Waals surface area contributed by atoms with Crippen molar-refractivity contribution in [2.24, 2.45) is 5.73 Å². The Labute approximate surface area is 259 Å². The molecule has 0 aliphatic heterocycles. The minimum Gasteiger partial charge on any atom is -0.497 e. The number of benzene rings is 4. The number of fused-ring (bicyclic) bond motifs is 1. The number of nitrogens with zero attached hydrogens (tertiary/aromatic N) is 2. The molecule has 0 spiro atoms. The highest BCUT2D eigenvalue weighted by Crippen LogP contribution is 2.32. The molecule has 0 fully saturated rings. The van der Waals surface area contributed by atoms with E-state index in [2.05, 4.69) is 15.4 Å². The molecule has 5 aromatic rings. The molecule has 11 nitrogen and oxygen atoms in total. The molecule has 0 aliphatic carbocycles. The molecule has 0 unspecified atom stereocenters. The Bertz CT molecular complexity index is 1660. The molecule has 0 radical (unpaired) electrons. The molecule has 1 amide bonds. The van der Waals surface area contributed by atoms with Gasteiger partial charge in [-0.25, -0.2) is 9.97 Å². The first kappa shape index (κ1) is 31.9. The minimum absolute atomic E-state index is 0.0318. The lowest BCUT2D eigenvalue weighted by Crippen LogP contribution is -2.21. The molecule has 0 saturated carbocycles. The number of carbonyl (C=O) groups is 1. The second kappa shape index (κ2) is 16.0. The van der Waals surface area contributed by atoms with E-state index >= 15 is 0 Å². The van der Waals surface area contributed by atoms with Gasteiger partial charge in [-0.05, 0) is 48.3 Å². The number of carbonyl (C=O) groups excluding carboxylic acids is 1. The van der Waals surface area contributed by atoms with Crippen LogP contribution in [0.3, 0.4) is 0 Å². The van der Waals surface area contributed by atoms with Gasteiger partial charge in [0, 0.05) is 40.0 Å². The quantitative estimate of drug-likeness (QED) is 0.118. The molecule has 1 heterocycles. The van der Waals surface area contributed by atoms with Crippen molar-refractivity contribution in [1.29, 1.82) is 0 Å². The molecule has 12 heteroatoms. The second-order valence-corrected chi connectivity index (χ2v) is 9.97. The Morgan fingerprint density at radius 2 is 1.45 bits per heavy atom. The van der Waals surface area contributed by atoms with Gasteiger partial charge in [0.25, 0.3) is 0 Å². The average molecular weight is 615 g/mol. The highest BCUT2D eigenvalue weighted by atomic mass is 32.2. The SMILES string of the molecule is COc1cc(Nc2nc3ccccc3nc2NSc2cccc(NC(=O)CN)c2)cc(OC)c1.COc1ccccc1CO. The first-order valence-electron chi connectivity index (χ1n) is 13.5. The van der Waals surface area contributed by atoms with Crippen molar-refractivity contribution in [1.82, 2.24) is 9.97 Å². The number of anilines is 4. The molecule has 0 saturated heterocycles. The summed E-state index contributed by atoms with van der Waals surface area (Å²) >= 11 is 1.35. The van der Waals surface area contributed by atoms with Crippen LogP contribution in [0.15, 0.2) is 95.9 Å². The largest absolute Gasteiger partial charge is 0.497 e. The Morgan fingerprint density at radius 3 is 2.07 bits per heavy atom. The molecule has 1 aromatic heterocycles. The number of ether oxygens (including phenoxy) is 3. The summed E-state index contributed by atoms with van der Waals surface area (Å²) in [5, 5.41) is 14.8. The van der Waals surface area contributed by atoms with E-state index in [1.165, 1.54) is 11.9 Å². The van der Waals surface area contributed by atoms with Gasteiger partial charge < -0.3 is 40.4 Å². The monoisotopic (exact) mass is 614 g/mol. The van der Waals surface area contributed by atoms with Crippen molar-refractivity contribution in [3.8, 4) is 17.2 Å². The summed E-state index contributed by atoms with van der Waals surface area (Å²) in [7, 11) is 4.79. The lowest BCUT2D eigenvalue weighted by Gasteiger charge is -2.14. The summed E-state index contributed by atoms with van der Waals surface area (Å²) < 4.78 is 19.0. The fourth-order valence-corrected chi connectivity index (χ4v) is 4.65. The molecule has 0 aliphatic rings. The van der Waals surface area contributed by atoms with Crippen molar-refractivity contribution in [2.75, 3.05) is 43.2 Å². The fraction of sp³-hybridized carbons (Fsp3) is 0.156. The number of methoxy groups -OCH3 is 3. The van der Waals surface area contributed by atoms with Crippen LogP contribution in [0, 0.1) is 0 Å². The molecule has 228 valence electrons. The van der Waals surface area contributed by atoms with Crippen LogP contribution in [-0.2, 0) is 11.4 Å². The standard InChI is InChI=1S/C24H24N6O3S.C8H10O2/c1-32-17-10-16(11-18(13-17)33-2)27-23-24(29-21-9-4-3-8-20(21)28-23)30-34-19-7-5-6-15(12-19)26-22(31)14-25;1-10-8-5-3-2-4-7(8)6-9/h3-13H,14,25H2,1-2H3,(H,26,31)(H,27,28)(H,29,30);2-5,9H,6H2,1H3. The van der Waals surface area contributed by atoms with Gasteiger partial charge in [-0.1, -0.05) is 36.4 Å². The average Bonchev–Trinajstić information content (AvgIpc) is 3.07. The van der Waals surface area contributed by atoms with Gasteiger partial charge in [0.15, 0.2) is 11.6 Å². The molecule has 0 atom stereocenters. The number of amides is 1. The summed E-state index contributed by atoms with van der Waals surface area (Å²) in [4.78, 5) is 22.0. The number of hydrogen-bond donors (Lipinski definition) is 5. The summed E-state index contributed by atoms with van der Waals surface area (Å²) in [6.07, 6.45) is 0. The van der Waals surface area contributed by atoms with Crippen molar-refractivity contribution < 1.29 is 24.1 Å². The van der Waals surface area contributed by atoms with Crippen LogP contribution in [0.4, 0.5) is 23.0 Å². The van der Waals surface area contributed by atoms with Crippen LogP contribution < -0.4 is 35.3 Å². The van der Waals surface area contributed by atoms with Gasteiger partial charge in [-0.3, -0.25) is 4.79 Å². The van der Waals surface area contributed by atoms with Crippen molar-refractivity contribution in [3.05, 3.63) is 96.6 Å². The lowest BCUT2D eigenvalue weighted by molar-refractivity contribution is -0.114. The van der Waals surface area contributed by atoms with Crippen LogP contribution in [0.5, 0.6) is 17.2 Å². The van der Waals surface area contributed by atoms with Crippen LogP contribution in [0.1, 0.15) is 5.56 Å². The minimum atomic E-state index is -0.254. The van der Waals surface area contributed by atoms with Gasteiger partial charge in [-0.2, -0.15) is 0 Å². The van der Waals surface area contributed by atoms with E-state index in [0.29, 0.717) is 28.8 Å². The van der Waals surface area contributed by atoms with E-state index in [4.69, 9.17) is 35.0 Å². The van der Waals surface area contributed by atoms with Crippen molar-refractivity contribution >= 4 is 51.9 Å². The highest BCUT2D eigenvalue weighted by molar-refractivity contribution is 8.00. The zero-order valence-electron chi connectivity index (χ0n) is 24.5. The van der Waals surface area contributed by atoms with E-state index in [-0.39, 0.29) is 19.1 Å². The highest BCUT2D eigenvalue weighted by Gasteiger charge is 2.12. The molecular formula is C32H34N6O5S. The lowest BCUT2D eigenvalue weighted by atomic mass is 10.2. The molecule has 0 bridgehead atoms. The predicted octanol–water partition coefficient (Wildman–Crippen LogP) is 5.59. The third-order valence-electron chi connectivity index (χ3n) is 6.12. The maximum atomic E-state index is 11.6. The number of hydrogen-bond acceptors (Lipinski definition) is 11. The van der Waals surface area contributed by atoms with E-state index in [1.54, 1.807) is 33.5 Å². The van der Waals surface area contributed by atoms with E-state index in [9.17, 15) is 4.79 Å². The number of para-hydroxylation sites is 3. The zero-order valence-corrected chi connectivity index (χ0v) is 25.4. The molecule has 6 N–H and O–H groups in total. The topological polar surface area (TPSA) is 153 Å². The normalized spacial score (nSPS) is 10.3. The Kier molecular flexibility index (Phi) is 11.6. The molecule has 5 rings (SSSR count). The van der Waals surface area contributed by atoms with Crippen LogP contribution in [0.25, 0.3) is 11.0 Å². The summed E-state index contributed by atoms with van der Waals surface area (Å²) in [6.45, 7) is -0.0452. The maximum absolute atomic E-state index is 11.6.